The summed E-state index contributed by atoms with van der Waals surface area (Å²) in [6.07, 6.45) is 3.49. The number of hydrazine groups is 1. The molecule has 194 valence electrons. The van der Waals surface area contributed by atoms with Crippen molar-refractivity contribution in [2.45, 2.75) is 6.92 Å². The molecule has 0 saturated heterocycles. The van der Waals surface area contributed by atoms with Gasteiger partial charge in [-0.25, -0.2) is 20.2 Å². The summed E-state index contributed by atoms with van der Waals surface area (Å²) in [5.74, 6) is -0.385. The Bertz CT molecular complexity index is 1590. The third-order valence-electron chi connectivity index (χ3n) is 5.72. The van der Waals surface area contributed by atoms with Gasteiger partial charge in [0.15, 0.2) is 5.13 Å². The van der Waals surface area contributed by atoms with Gasteiger partial charge in [-0.05, 0) is 73.2 Å². The number of anilines is 4. The van der Waals surface area contributed by atoms with E-state index in [0.29, 0.717) is 22.1 Å². The van der Waals surface area contributed by atoms with E-state index in [0.717, 1.165) is 27.0 Å². The zero-order chi connectivity index (χ0) is 27.2. The average molecular weight is 600 g/mol. The number of aromatic nitrogens is 2. The molecule has 39 heavy (non-hydrogen) atoms. The average Bonchev–Trinajstić information content (AvgIpc) is 3.43. The van der Waals surface area contributed by atoms with E-state index >= 15 is 0 Å². The van der Waals surface area contributed by atoms with Gasteiger partial charge in [0, 0.05) is 44.7 Å². The molecule has 2 heterocycles. The highest BCUT2D eigenvalue weighted by molar-refractivity contribution is 9.10. The lowest BCUT2D eigenvalue weighted by atomic mass is 10.1. The van der Waals surface area contributed by atoms with E-state index in [9.17, 15) is 9.59 Å². The second-order valence-electron chi connectivity index (χ2n) is 8.48. The van der Waals surface area contributed by atoms with Gasteiger partial charge in [-0.2, -0.15) is 0 Å². The molecule has 0 bridgehead atoms. The van der Waals surface area contributed by atoms with Crippen LogP contribution in [0.1, 0.15) is 15.9 Å². The number of hydrogen-bond donors (Lipinski definition) is 3. The fourth-order valence-electron chi connectivity index (χ4n) is 3.71. The zero-order valence-corrected chi connectivity index (χ0v) is 23.2. The van der Waals surface area contributed by atoms with Crippen molar-refractivity contribution in [1.29, 1.82) is 0 Å². The maximum Gasteiger partial charge on any atom is 0.338 e. The minimum absolute atomic E-state index is 0.385. The maximum absolute atomic E-state index is 13.5. The van der Waals surface area contributed by atoms with Gasteiger partial charge >= 0.3 is 6.03 Å². The lowest BCUT2D eigenvalue weighted by Crippen LogP contribution is -2.48. The van der Waals surface area contributed by atoms with E-state index in [4.69, 9.17) is 0 Å². The lowest BCUT2D eigenvalue weighted by molar-refractivity contribution is 0.0976. The second kappa shape index (κ2) is 11.9. The predicted octanol–water partition coefficient (Wildman–Crippen LogP) is 7.40. The largest absolute Gasteiger partial charge is 0.338 e. The first-order chi connectivity index (χ1) is 19.0. The Morgan fingerprint density at radius 3 is 2.49 bits per heavy atom. The van der Waals surface area contributed by atoms with Crippen LogP contribution in [0.15, 0.2) is 107 Å². The number of thiazole rings is 1. The summed E-state index contributed by atoms with van der Waals surface area (Å²) < 4.78 is 0.891. The number of pyridine rings is 1. The quantitative estimate of drug-likeness (QED) is 0.177. The molecular weight excluding hydrogens is 576 g/mol. The van der Waals surface area contributed by atoms with Crippen molar-refractivity contribution < 1.29 is 9.59 Å². The van der Waals surface area contributed by atoms with E-state index in [-0.39, 0.29) is 5.91 Å². The molecule has 3 N–H and O–H groups in total. The SMILES string of the molecule is Cc1ccc(N(NC(=O)Nc2ccc(Br)cc2)C(=O)c2ccccc2)cc1Nc1nc(-c2cccnc2)cs1. The number of benzene rings is 3. The van der Waals surface area contributed by atoms with Gasteiger partial charge in [0.25, 0.3) is 5.91 Å². The van der Waals surface area contributed by atoms with Gasteiger partial charge in [-0.1, -0.05) is 40.2 Å². The summed E-state index contributed by atoms with van der Waals surface area (Å²) in [5, 5.41) is 10.00. The topological polar surface area (TPSA) is 99.2 Å². The van der Waals surface area contributed by atoms with E-state index < -0.39 is 6.03 Å². The van der Waals surface area contributed by atoms with E-state index in [2.05, 4.69) is 42.0 Å². The Balaban J connectivity index is 1.42. The van der Waals surface area contributed by atoms with Crippen LogP contribution in [0.3, 0.4) is 0 Å². The number of nitrogens with zero attached hydrogens (tertiary/aromatic N) is 3. The van der Waals surface area contributed by atoms with Crippen LogP contribution in [0.4, 0.5) is 27.0 Å². The predicted molar refractivity (Wildman–Crippen MR) is 159 cm³/mol. The summed E-state index contributed by atoms with van der Waals surface area (Å²) in [4.78, 5) is 35.3. The van der Waals surface area contributed by atoms with Gasteiger partial charge in [0.05, 0.1) is 11.4 Å². The molecule has 0 saturated carbocycles. The molecule has 0 spiro atoms. The van der Waals surface area contributed by atoms with Crippen LogP contribution < -0.4 is 21.1 Å². The molecule has 0 fully saturated rings. The molecule has 0 aliphatic heterocycles. The van der Waals surface area contributed by atoms with Crippen LogP contribution in [0.2, 0.25) is 0 Å². The molecule has 3 amide bonds. The Hall–Kier alpha value is -4.54. The van der Waals surface area contributed by atoms with Gasteiger partial charge in [0.2, 0.25) is 0 Å². The van der Waals surface area contributed by atoms with E-state index in [1.165, 1.54) is 16.3 Å². The van der Waals surface area contributed by atoms with Crippen molar-refractivity contribution in [3.8, 4) is 11.3 Å². The molecule has 0 aliphatic rings. The normalized spacial score (nSPS) is 10.5. The number of carbonyl (C=O) groups is 2. The fraction of sp³-hybridized carbons (Fsp3) is 0.0345. The van der Waals surface area contributed by atoms with Crippen molar-refractivity contribution in [3.63, 3.8) is 0 Å². The number of amides is 3. The zero-order valence-electron chi connectivity index (χ0n) is 20.8. The standard InChI is InChI=1S/C29H23BrN6O2S/c1-19-9-14-24(16-25(19)33-29-34-26(18-39-29)21-8-5-15-31-17-21)36(27(37)20-6-3-2-4-7-20)35-28(38)32-23-12-10-22(30)11-13-23/h2-18H,1H3,(H,33,34)(H2,32,35,38). The third-order valence-corrected chi connectivity index (χ3v) is 7.01. The highest BCUT2D eigenvalue weighted by Gasteiger charge is 2.21. The maximum atomic E-state index is 13.5. The Morgan fingerprint density at radius 2 is 1.74 bits per heavy atom. The minimum Gasteiger partial charge on any atom is -0.331 e. The summed E-state index contributed by atoms with van der Waals surface area (Å²) in [7, 11) is 0. The van der Waals surface area contributed by atoms with Crippen molar-refractivity contribution in [2.24, 2.45) is 0 Å². The molecule has 8 nitrogen and oxygen atoms in total. The van der Waals surface area contributed by atoms with Crippen LogP contribution in [0.5, 0.6) is 0 Å². The number of urea groups is 1. The summed E-state index contributed by atoms with van der Waals surface area (Å²) in [6.45, 7) is 1.96. The van der Waals surface area contributed by atoms with E-state index in [1.807, 2.05) is 48.7 Å². The molecular formula is C29H23BrN6O2S. The lowest BCUT2D eigenvalue weighted by Gasteiger charge is -2.24. The highest BCUT2D eigenvalue weighted by Crippen LogP contribution is 2.30. The fourth-order valence-corrected chi connectivity index (χ4v) is 4.71. The number of rotatable bonds is 6. The highest BCUT2D eigenvalue weighted by atomic mass is 79.9. The van der Waals surface area contributed by atoms with Crippen molar-refractivity contribution in [2.75, 3.05) is 15.6 Å². The summed E-state index contributed by atoms with van der Waals surface area (Å²) in [6, 6.07) is 24.7. The smallest absolute Gasteiger partial charge is 0.331 e. The van der Waals surface area contributed by atoms with Crippen LogP contribution >= 0.6 is 27.3 Å². The Labute approximate surface area is 237 Å². The molecule has 2 aromatic heterocycles. The monoisotopic (exact) mass is 598 g/mol. The number of aryl methyl sites for hydroxylation is 1. The molecule has 5 rings (SSSR count). The molecule has 0 radical (unpaired) electrons. The van der Waals surface area contributed by atoms with Crippen LogP contribution in [-0.2, 0) is 0 Å². The number of hydrogen-bond acceptors (Lipinski definition) is 6. The van der Waals surface area contributed by atoms with Crippen molar-refractivity contribution >= 4 is 61.4 Å². The number of carbonyl (C=O) groups excluding carboxylic acids is 2. The first-order valence-electron chi connectivity index (χ1n) is 11.9. The summed E-state index contributed by atoms with van der Waals surface area (Å²) in [5.41, 5.74) is 7.64. The van der Waals surface area contributed by atoms with Crippen LogP contribution in [-0.4, -0.2) is 21.9 Å². The second-order valence-corrected chi connectivity index (χ2v) is 10.3. The molecule has 0 aliphatic carbocycles. The van der Waals surface area contributed by atoms with Crippen LogP contribution in [0, 0.1) is 6.92 Å². The molecule has 0 unspecified atom stereocenters. The molecule has 3 aromatic carbocycles. The molecule has 10 heteroatoms. The van der Waals surface area contributed by atoms with Crippen molar-refractivity contribution in [1.82, 2.24) is 15.4 Å². The van der Waals surface area contributed by atoms with Crippen molar-refractivity contribution in [3.05, 3.63) is 118 Å². The summed E-state index contributed by atoms with van der Waals surface area (Å²) >= 11 is 4.85. The van der Waals surface area contributed by atoms with E-state index in [1.54, 1.807) is 60.9 Å². The third kappa shape index (κ3) is 6.49. The van der Waals surface area contributed by atoms with Gasteiger partial charge in [0.1, 0.15) is 0 Å². The molecule has 5 aromatic rings. The minimum atomic E-state index is -0.558. The van der Waals surface area contributed by atoms with Crippen LogP contribution in [0.25, 0.3) is 11.3 Å². The first-order valence-corrected chi connectivity index (χ1v) is 13.6. The van der Waals surface area contributed by atoms with Gasteiger partial charge < -0.3 is 10.6 Å². The Morgan fingerprint density at radius 1 is 0.949 bits per heavy atom. The number of nitrogens with one attached hydrogen (secondary N) is 3. The van der Waals surface area contributed by atoms with Gasteiger partial charge in [-0.15, -0.1) is 11.3 Å². The number of halogens is 1. The van der Waals surface area contributed by atoms with Gasteiger partial charge in [-0.3, -0.25) is 9.78 Å². The molecule has 0 atom stereocenters. The first kappa shape index (κ1) is 26.1. The Kier molecular flexibility index (Phi) is 7.95.